The summed E-state index contributed by atoms with van der Waals surface area (Å²) in [4.78, 5) is 25.5. The molecule has 0 N–H and O–H groups in total. The van der Waals surface area contributed by atoms with Gasteiger partial charge >= 0.3 is 0 Å². The molecular formula is C16H20N4OS. The van der Waals surface area contributed by atoms with Gasteiger partial charge in [0, 0.05) is 31.6 Å². The summed E-state index contributed by atoms with van der Waals surface area (Å²) in [6.45, 7) is 5.43. The Balaban J connectivity index is 1.70. The lowest BCUT2D eigenvalue weighted by Gasteiger charge is -2.32. The third-order valence-corrected chi connectivity index (χ3v) is 4.84. The molecule has 0 bridgehead atoms. The largest absolute Gasteiger partial charge is 0.339 e. The molecule has 6 heteroatoms. The van der Waals surface area contributed by atoms with E-state index in [4.69, 9.17) is 0 Å². The number of aromatic nitrogens is 2. The van der Waals surface area contributed by atoms with Crippen LogP contribution in [-0.4, -0.2) is 64.7 Å². The lowest BCUT2D eigenvalue weighted by Crippen LogP contribution is -2.47. The lowest BCUT2D eigenvalue weighted by atomic mass is 10.2. The summed E-state index contributed by atoms with van der Waals surface area (Å²) in [5, 5.41) is 1.91. The van der Waals surface area contributed by atoms with Crippen molar-refractivity contribution < 1.29 is 4.79 Å². The Morgan fingerprint density at radius 1 is 1.18 bits per heavy atom. The highest BCUT2D eigenvalue weighted by Crippen LogP contribution is 2.25. The molecule has 1 amide bonds. The Labute approximate surface area is 134 Å². The third kappa shape index (κ3) is 3.39. The molecule has 3 rings (SSSR count). The molecule has 5 nitrogen and oxygen atoms in total. The summed E-state index contributed by atoms with van der Waals surface area (Å²) in [5.41, 5.74) is 0.935. The number of amides is 1. The average Bonchev–Trinajstić information content (AvgIpc) is 2.52. The Kier molecular flexibility index (Phi) is 4.59. The maximum absolute atomic E-state index is 12.3. The summed E-state index contributed by atoms with van der Waals surface area (Å²) < 4.78 is 0. The fourth-order valence-corrected chi connectivity index (χ4v) is 3.51. The van der Waals surface area contributed by atoms with Crippen LogP contribution in [0, 0.1) is 6.92 Å². The highest BCUT2D eigenvalue weighted by atomic mass is 32.2. The van der Waals surface area contributed by atoms with Crippen molar-refractivity contribution in [3.63, 3.8) is 0 Å². The molecule has 1 saturated heterocycles. The predicted octanol–water partition coefficient (Wildman–Crippen LogP) is 1.80. The number of benzene rings is 1. The number of carbonyl (C=O) groups is 1. The van der Waals surface area contributed by atoms with Crippen LogP contribution in [0.1, 0.15) is 5.82 Å². The minimum atomic E-state index is 0.193. The fraction of sp³-hybridized carbons (Fsp3) is 0.438. The van der Waals surface area contributed by atoms with Gasteiger partial charge in [-0.2, -0.15) is 0 Å². The molecule has 22 heavy (non-hydrogen) atoms. The Morgan fingerprint density at radius 3 is 2.68 bits per heavy atom. The van der Waals surface area contributed by atoms with Gasteiger partial charge in [-0.1, -0.05) is 30.0 Å². The van der Waals surface area contributed by atoms with Crippen molar-refractivity contribution in [1.29, 1.82) is 0 Å². The van der Waals surface area contributed by atoms with Crippen LogP contribution in [0.25, 0.3) is 10.9 Å². The highest BCUT2D eigenvalue weighted by molar-refractivity contribution is 8.00. The number of aryl methyl sites for hydroxylation is 1. The number of thioether (sulfide) groups is 1. The molecule has 0 atom stereocenters. The molecule has 1 fully saturated rings. The van der Waals surface area contributed by atoms with Gasteiger partial charge < -0.3 is 9.80 Å². The van der Waals surface area contributed by atoms with Gasteiger partial charge in [-0.3, -0.25) is 4.79 Å². The van der Waals surface area contributed by atoms with Gasteiger partial charge in [-0.05, 0) is 20.0 Å². The molecular weight excluding hydrogens is 296 g/mol. The minimum Gasteiger partial charge on any atom is -0.339 e. The number of para-hydroxylation sites is 1. The van der Waals surface area contributed by atoms with Gasteiger partial charge in [0.05, 0.1) is 11.3 Å². The Hall–Kier alpha value is -1.66. The quantitative estimate of drug-likeness (QED) is 0.638. The van der Waals surface area contributed by atoms with Crippen LogP contribution in [-0.2, 0) is 4.79 Å². The van der Waals surface area contributed by atoms with Gasteiger partial charge in [0.25, 0.3) is 0 Å². The molecule has 2 aromatic rings. The summed E-state index contributed by atoms with van der Waals surface area (Å²) in [5.74, 6) is 1.37. The van der Waals surface area contributed by atoms with E-state index in [-0.39, 0.29) is 5.91 Å². The number of likely N-dealkylation sites (N-methyl/N-ethyl adjacent to an activating group) is 1. The van der Waals surface area contributed by atoms with Crippen LogP contribution in [0.3, 0.4) is 0 Å². The van der Waals surface area contributed by atoms with Gasteiger partial charge in [-0.15, -0.1) is 0 Å². The highest BCUT2D eigenvalue weighted by Gasteiger charge is 2.19. The number of rotatable bonds is 3. The summed E-state index contributed by atoms with van der Waals surface area (Å²) in [6.07, 6.45) is 0. The Bertz CT molecular complexity index is 683. The first-order valence-corrected chi connectivity index (χ1v) is 8.44. The van der Waals surface area contributed by atoms with E-state index < -0.39 is 0 Å². The van der Waals surface area contributed by atoms with Crippen LogP contribution in [0.2, 0.25) is 0 Å². The van der Waals surface area contributed by atoms with Gasteiger partial charge in [0.2, 0.25) is 5.91 Å². The first-order chi connectivity index (χ1) is 10.6. The molecule has 0 saturated carbocycles. The summed E-state index contributed by atoms with van der Waals surface area (Å²) in [7, 11) is 2.09. The smallest absolute Gasteiger partial charge is 0.233 e. The fourth-order valence-electron chi connectivity index (χ4n) is 2.55. The zero-order chi connectivity index (χ0) is 15.5. The predicted molar refractivity (Wildman–Crippen MR) is 89.1 cm³/mol. The maximum Gasteiger partial charge on any atom is 0.233 e. The van der Waals surface area contributed by atoms with E-state index in [9.17, 15) is 4.79 Å². The van der Waals surface area contributed by atoms with Gasteiger partial charge in [0.15, 0.2) is 0 Å². The molecule has 0 unspecified atom stereocenters. The van der Waals surface area contributed by atoms with Crippen LogP contribution in [0.5, 0.6) is 0 Å². The topological polar surface area (TPSA) is 49.3 Å². The number of fused-ring (bicyclic) bond motifs is 1. The molecule has 1 aliphatic rings. The monoisotopic (exact) mass is 316 g/mol. The first-order valence-electron chi connectivity index (χ1n) is 7.46. The molecule has 1 aliphatic heterocycles. The number of piperazine rings is 1. The minimum absolute atomic E-state index is 0.193. The zero-order valence-electron chi connectivity index (χ0n) is 13.0. The second-order valence-electron chi connectivity index (χ2n) is 5.57. The molecule has 0 aliphatic carbocycles. The number of nitrogens with zero attached hydrogens (tertiary/aromatic N) is 4. The van der Waals surface area contributed by atoms with E-state index in [1.807, 2.05) is 36.1 Å². The van der Waals surface area contributed by atoms with Gasteiger partial charge in [-0.25, -0.2) is 9.97 Å². The van der Waals surface area contributed by atoms with E-state index in [0.717, 1.165) is 47.9 Å². The third-order valence-electron chi connectivity index (χ3n) is 3.87. The second kappa shape index (κ2) is 6.62. The van der Waals surface area contributed by atoms with Crippen molar-refractivity contribution in [3.05, 3.63) is 30.1 Å². The summed E-state index contributed by atoms with van der Waals surface area (Å²) in [6, 6.07) is 7.94. The number of hydrogen-bond donors (Lipinski definition) is 0. The van der Waals surface area contributed by atoms with Crippen LogP contribution < -0.4 is 0 Å². The standard InChI is InChI=1S/C16H20N4OS/c1-12-17-14-6-4-3-5-13(14)16(18-12)22-11-15(21)20-9-7-19(2)8-10-20/h3-6H,7-11H2,1-2H3. The van der Waals surface area contributed by atoms with E-state index >= 15 is 0 Å². The van der Waals surface area contributed by atoms with E-state index in [1.165, 1.54) is 11.8 Å². The van der Waals surface area contributed by atoms with Crippen molar-refractivity contribution in [3.8, 4) is 0 Å². The van der Waals surface area contributed by atoms with Crippen molar-refractivity contribution in [2.45, 2.75) is 11.9 Å². The van der Waals surface area contributed by atoms with Crippen molar-refractivity contribution in [1.82, 2.24) is 19.8 Å². The molecule has 0 spiro atoms. The average molecular weight is 316 g/mol. The van der Waals surface area contributed by atoms with Crippen molar-refractivity contribution in [2.75, 3.05) is 39.0 Å². The van der Waals surface area contributed by atoms with Crippen molar-refractivity contribution >= 4 is 28.6 Å². The van der Waals surface area contributed by atoms with E-state index in [0.29, 0.717) is 5.75 Å². The van der Waals surface area contributed by atoms with Crippen LogP contribution >= 0.6 is 11.8 Å². The molecule has 1 aromatic heterocycles. The molecule has 0 radical (unpaired) electrons. The lowest BCUT2D eigenvalue weighted by molar-refractivity contribution is -0.129. The first kappa shape index (κ1) is 15.2. The molecule has 2 heterocycles. The van der Waals surface area contributed by atoms with E-state index in [2.05, 4.69) is 21.9 Å². The summed E-state index contributed by atoms with van der Waals surface area (Å²) >= 11 is 1.51. The molecule has 1 aromatic carbocycles. The van der Waals surface area contributed by atoms with Crippen molar-refractivity contribution in [2.24, 2.45) is 0 Å². The zero-order valence-corrected chi connectivity index (χ0v) is 13.8. The van der Waals surface area contributed by atoms with Crippen LogP contribution in [0.15, 0.2) is 29.3 Å². The number of carbonyl (C=O) groups excluding carboxylic acids is 1. The molecule has 116 valence electrons. The van der Waals surface area contributed by atoms with Crippen LogP contribution in [0.4, 0.5) is 0 Å². The Morgan fingerprint density at radius 2 is 1.91 bits per heavy atom. The van der Waals surface area contributed by atoms with Gasteiger partial charge in [0.1, 0.15) is 10.9 Å². The SMILES string of the molecule is Cc1nc(SCC(=O)N2CCN(C)CC2)c2ccccc2n1. The maximum atomic E-state index is 12.3. The normalized spacial score (nSPS) is 16.2. The van der Waals surface area contributed by atoms with E-state index in [1.54, 1.807) is 0 Å². The number of hydrogen-bond acceptors (Lipinski definition) is 5. The second-order valence-corrected chi connectivity index (χ2v) is 6.53.